The van der Waals surface area contributed by atoms with Crippen LogP contribution in [-0.4, -0.2) is 74.4 Å². The molecule has 2 amide bonds. The lowest BCUT2D eigenvalue weighted by Gasteiger charge is -2.30. The first-order valence-corrected chi connectivity index (χ1v) is 17.0. The second kappa shape index (κ2) is 18.0. The molecule has 3 rings (SSSR count). The SMILES string of the molecule is COC1=C2C[C@@H](C)C[C@H](OC)[C@H](O)[C@@H](C)/C=C(\C)[C@H](OC(N)=O)[C@@H](OC)/C=C\C=C(/C)C(=O)NC(=C(Sc3cc(Cl)ccc3Cl)C1=O)C2=O. The highest BCUT2D eigenvalue weighted by Crippen LogP contribution is 2.41. The van der Waals surface area contributed by atoms with Crippen LogP contribution in [0.2, 0.25) is 10.0 Å². The van der Waals surface area contributed by atoms with Gasteiger partial charge in [-0.25, -0.2) is 4.79 Å². The molecule has 1 heterocycles. The van der Waals surface area contributed by atoms with Crippen molar-refractivity contribution in [2.45, 2.75) is 69.8 Å². The summed E-state index contributed by atoms with van der Waals surface area (Å²) in [4.78, 5) is 53.9. The van der Waals surface area contributed by atoms with Crippen molar-refractivity contribution in [1.82, 2.24) is 5.32 Å². The number of ketones is 2. The van der Waals surface area contributed by atoms with Crippen molar-refractivity contribution in [1.29, 1.82) is 0 Å². The van der Waals surface area contributed by atoms with Gasteiger partial charge in [0.15, 0.2) is 11.9 Å². The molecule has 0 spiro atoms. The number of hydrogen-bond acceptors (Lipinski definition) is 10. The Morgan fingerprint density at radius 2 is 1.76 bits per heavy atom. The number of fused-ring (bicyclic) bond motifs is 2. The van der Waals surface area contributed by atoms with Gasteiger partial charge >= 0.3 is 6.09 Å². The summed E-state index contributed by atoms with van der Waals surface area (Å²) in [6.45, 7) is 6.88. The third kappa shape index (κ3) is 10.1. The molecule has 1 aliphatic carbocycles. The molecular formula is C35H42Cl2N2O9S. The molecular weight excluding hydrogens is 695 g/mol. The predicted molar refractivity (Wildman–Crippen MR) is 188 cm³/mol. The number of allylic oxidation sites excluding steroid dienone is 4. The fourth-order valence-electron chi connectivity index (χ4n) is 5.58. The van der Waals surface area contributed by atoms with Gasteiger partial charge < -0.3 is 35.1 Å². The fourth-order valence-corrected chi connectivity index (χ4v) is 7.06. The number of Topliss-reactive ketones (excluding diaryl/α,β-unsaturated/α-hetero) is 2. The number of benzene rings is 1. The first-order chi connectivity index (χ1) is 23.1. The second-order valence-corrected chi connectivity index (χ2v) is 13.8. The van der Waals surface area contributed by atoms with Gasteiger partial charge in [-0.1, -0.05) is 73.1 Å². The van der Waals surface area contributed by atoms with Gasteiger partial charge in [-0.3, -0.25) is 14.4 Å². The second-order valence-electron chi connectivity index (χ2n) is 11.9. The number of nitrogens with two attached hydrogens (primary N) is 1. The number of hydrogen-bond donors (Lipinski definition) is 3. The number of methoxy groups -OCH3 is 3. The lowest BCUT2D eigenvalue weighted by Crippen LogP contribution is -2.37. The van der Waals surface area contributed by atoms with E-state index in [1.54, 1.807) is 44.2 Å². The number of aliphatic hydroxyl groups is 1. The molecule has 1 aromatic carbocycles. The molecule has 0 saturated carbocycles. The van der Waals surface area contributed by atoms with Crippen molar-refractivity contribution in [3.05, 3.63) is 85.6 Å². The zero-order valence-electron chi connectivity index (χ0n) is 28.4. The smallest absolute Gasteiger partial charge is 0.405 e. The number of carbonyl (C=O) groups excluding carboxylic acids is 4. The minimum atomic E-state index is -1.02. The van der Waals surface area contributed by atoms with E-state index in [4.69, 9.17) is 47.9 Å². The average molecular weight is 738 g/mol. The molecule has 1 aromatic rings. The van der Waals surface area contributed by atoms with Crippen LogP contribution in [0.25, 0.3) is 0 Å². The third-order valence-corrected chi connectivity index (χ3v) is 9.99. The van der Waals surface area contributed by atoms with Crippen LogP contribution >= 0.6 is 35.0 Å². The predicted octanol–water partition coefficient (Wildman–Crippen LogP) is 5.84. The summed E-state index contributed by atoms with van der Waals surface area (Å²) in [6, 6.07) is 4.69. The van der Waals surface area contributed by atoms with Crippen molar-refractivity contribution in [2.24, 2.45) is 17.6 Å². The molecule has 0 fully saturated rings. The average Bonchev–Trinajstić information content (AvgIpc) is 3.05. The van der Waals surface area contributed by atoms with Crippen molar-refractivity contribution < 1.29 is 43.2 Å². The molecule has 2 bridgehead atoms. The maximum Gasteiger partial charge on any atom is 0.405 e. The Hall–Kier alpha value is -3.39. The topological polar surface area (TPSA) is 163 Å². The molecule has 1 aliphatic heterocycles. The maximum atomic E-state index is 14.2. The summed E-state index contributed by atoms with van der Waals surface area (Å²) >= 11 is 13.5. The van der Waals surface area contributed by atoms with E-state index in [1.165, 1.54) is 40.4 Å². The summed E-state index contributed by atoms with van der Waals surface area (Å²) in [5.41, 5.74) is 5.95. The number of amides is 2. The molecule has 14 heteroatoms. The van der Waals surface area contributed by atoms with Crippen LogP contribution < -0.4 is 11.1 Å². The van der Waals surface area contributed by atoms with Gasteiger partial charge in [-0.05, 0) is 56.4 Å². The largest absolute Gasteiger partial charge is 0.492 e. The van der Waals surface area contributed by atoms with Gasteiger partial charge in [0.2, 0.25) is 11.6 Å². The van der Waals surface area contributed by atoms with E-state index >= 15 is 0 Å². The number of carbonyl (C=O) groups is 4. The third-order valence-electron chi connectivity index (χ3n) is 8.17. The molecule has 4 N–H and O–H groups in total. The van der Waals surface area contributed by atoms with Crippen LogP contribution in [0.1, 0.15) is 40.5 Å². The van der Waals surface area contributed by atoms with E-state index in [9.17, 15) is 24.3 Å². The monoisotopic (exact) mass is 736 g/mol. The zero-order chi connectivity index (χ0) is 36.6. The lowest BCUT2D eigenvalue weighted by atomic mass is 9.85. The van der Waals surface area contributed by atoms with E-state index in [0.717, 1.165) is 11.8 Å². The van der Waals surface area contributed by atoms with Gasteiger partial charge in [0, 0.05) is 41.2 Å². The van der Waals surface area contributed by atoms with E-state index in [-0.39, 0.29) is 51.3 Å². The van der Waals surface area contributed by atoms with Crippen molar-refractivity contribution >= 4 is 58.5 Å². The van der Waals surface area contributed by atoms with E-state index in [2.05, 4.69) is 5.32 Å². The highest BCUT2D eigenvalue weighted by atomic mass is 35.5. The molecule has 49 heavy (non-hydrogen) atoms. The number of halogens is 2. The van der Waals surface area contributed by atoms with Crippen LogP contribution in [0, 0.1) is 11.8 Å². The normalized spacial score (nSPS) is 29.1. The number of ether oxygens (including phenoxy) is 4. The first-order valence-electron chi connectivity index (χ1n) is 15.4. The number of thioether (sulfide) groups is 1. The summed E-state index contributed by atoms with van der Waals surface area (Å²) < 4.78 is 22.2. The lowest BCUT2D eigenvalue weighted by molar-refractivity contribution is -0.121. The fraction of sp³-hybridized carbons (Fsp3) is 0.429. The highest BCUT2D eigenvalue weighted by molar-refractivity contribution is 8.04. The molecule has 2 aliphatic rings. The van der Waals surface area contributed by atoms with Crippen molar-refractivity contribution in [3.8, 4) is 0 Å². The molecule has 266 valence electrons. The molecule has 6 atom stereocenters. The van der Waals surface area contributed by atoms with Gasteiger partial charge in [0.05, 0.1) is 29.2 Å². The zero-order valence-corrected chi connectivity index (χ0v) is 30.7. The Labute approximate surface area is 300 Å². The van der Waals surface area contributed by atoms with Gasteiger partial charge in [0.25, 0.3) is 5.91 Å². The van der Waals surface area contributed by atoms with Crippen LogP contribution in [0.15, 0.2) is 80.5 Å². The molecule has 11 nitrogen and oxygen atoms in total. The first kappa shape index (κ1) is 40.0. The summed E-state index contributed by atoms with van der Waals surface area (Å²) in [7, 11) is 4.18. The molecule has 0 aromatic heterocycles. The summed E-state index contributed by atoms with van der Waals surface area (Å²) in [5, 5.41) is 14.6. The van der Waals surface area contributed by atoms with Crippen LogP contribution in [0.3, 0.4) is 0 Å². The minimum Gasteiger partial charge on any atom is -0.492 e. The van der Waals surface area contributed by atoms with Gasteiger partial charge in [-0.15, -0.1) is 0 Å². The summed E-state index contributed by atoms with van der Waals surface area (Å²) in [5.74, 6) is -2.83. The summed E-state index contributed by atoms with van der Waals surface area (Å²) in [6.07, 6.45) is 2.16. The Morgan fingerprint density at radius 3 is 2.37 bits per heavy atom. The Balaban J connectivity index is 2.21. The number of aliphatic hydroxyl groups excluding tert-OH is 1. The van der Waals surface area contributed by atoms with Gasteiger partial charge in [0.1, 0.15) is 11.8 Å². The van der Waals surface area contributed by atoms with E-state index in [1.807, 2.05) is 6.92 Å². The number of nitrogens with one attached hydrogen (secondary N) is 1. The van der Waals surface area contributed by atoms with E-state index < -0.39 is 53.9 Å². The Bertz CT molecular complexity index is 1620. The van der Waals surface area contributed by atoms with Crippen LogP contribution in [0.5, 0.6) is 0 Å². The van der Waals surface area contributed by atoms with Gasteiger partial charge in [-0.2, -0.15) is 0 Å². The maximum absolute atomic E-state index is 14.2. The quantitative estimate of drug-likeness (QED) is 0.239. The number of primary amides is 1. The van der Waals surface area contributed by atoms with Crippen molar-refractivity contribution in [3.63, 3.8) is 0 Å². The van der Waals surface area contributed by atoms with Crippen LogP contribution in [-0.2, 0) is 33.3 Å². The highest BCUT2D eigenvalue weighted by Gasteiger charge is 2.39. The molecule has 0 unspecified atom stereocenters. The molecule has 0 radical (unpaired) electrons. The Morgan fingerprint density at radius 1 is 1.06 bits per heavy atom. The Kier molecular flexibility index (Phi) is 14.7. The molecule has 0 saturated heterocycles. The van der Waals surface area contributed by atoms with E-state index in [0.29, 0.717) is 15.5 Å². The van der Waals surface area contributed by atoms with Crippen molar-refractivity contribution in [2.75, 3.05) is 21.3 Å². The minimum absolute atomic E-state index is 0.0683. The standard InChI is InChI=1S/C35H42Cl2N2O9S/c1-17-13-22-29(41)27(33(30(42)32(22)47-7)49-26-16-21(36)11-12-23(26)37)39-34(43)18(2)9-8-10-24(45-5)31(48-35(38)44)20(4)15-19(3)28(40)25(14-17)46-6/h8-12,15-17,19,24-25,28,31,40H,13-14H2,1-7H3,(H2,38,44)(H,39,43)/b10-8-,18-9+,20-15+/t17-,19+,24+,25+,28-,31+/m1/s1. The number of rotatable bonds is 6. The van der Waals surface area contributed by atoms with Crippen LogP contribution in [0.4, 0.5) is 4.79 Å².